The van der Waals surface area contributed by atoms with E-state index in [-0.39, 0.29) is 27.8 Å². The summed E-state index contributed by atoms with van der Waals surface area (Å²) in [4.78, 5) is 0. The molecule has 0 heterocycles. The van der Waals surface area contributed by atoms with Gasteiger partial charge in [0.05, 0.1) is 6.10 Å². The normalized spacial score (nSPS) is 16.3. The van der Waals surface area contributed by atoms with E-state index < -0.39 is 6.10 Å². The maximum absolute atomic E-state index is 10.6. The van der Waals surface area contributed by atoms with E-state index in [1.807, 2.05) is 19.9 Å². The number of aliphatic hydroxyl groups is 2. The van der Waals surface area contributed by atoms with Crippen LogP contribution >= 0.6 is 0 Å². The molecular weight excluding hydrogens is 713 g/mol. The molecule has 2 aliphatic rings. The molecule has 0 aliphatic heterocycles. The van der Waals surface area contributed by atoms with Gasteiger partial charge in [-0.1, -0.05) is 108 Å². The number of hydrogen-bond acceptors (Lipinski definition) is 4. The van der Waals surface area contributed by atoms with Crippen molar-refractivity contribution in [3.63, 3.8) is 0 Å². The lowest BCUT2D eigenvalue weighted by molar-refractivity contribution is 0.0820. The zero-order chi connectivity index (χ0) is 42.5. The summed E-state index contributed by atoms with van der Waals surface area (Å²) in [5.74, 6) is 7.04. The standard InChI is InChI=1S/C27H38O2.C27H34O2/c2*1-6-26(15-16-26)25(29)14-10-21-9-11-22(17-19(21)4)27(7-2,8-3)23-12-13-24(28)20(5)18-23/h9,11-13,17-18,25,28-29H,6-8,10,14-16H2,1-5H3;9,11-13,17-18,25,28-29H,6-8,15-16H2,1-5H3. The molecule has 4 N–H and O–H groups in total. The Morgan fingerprint density at radius 3 is 1.34 bits per heavy atom. The lowest BCUT2D eigenvalue weighted by Crippen LogP contribution is -2.26. The maximum atomic E-state index is 10.6. The summed E-state index contributed by atoms with van der Waals surface area (Å²) in [7, 11) is 0. The summed E-state index contributed by atoms with van der Waals surface area (Å²) in [5, 5.41) is 41.0. The van der Waals surface area contributed by atoms with Gasteiger partial charge in [0.15, 0.2) is 0 Å². The molecule has 2 atom stereocenters. The van der Waals surface area contributed by atoms with Crippen LogP contribution in [-0.2, 0) is 17.3 Å². The van der Waals surface area contributed by atoms with Gasteiger partial charge in [0, 0.05) is 21.8 Å². The molecule has 0 bridgehead atoms. The van der Waals surface area contributed by atoms with Gasteiger partial charge >= 0.3 is 0 Å². The van der Waals surface area contributed by atoms with E-state index in [2.05, 4.69) is 128 Å². The minimum atomic E-state index is -0.531. The van der Waals surface area contributed by atoms with E-state index in [9.17, 15) is 20.4 Å². The van der Waals surface area contributed by atoms with Crippen molar-refractivity contribution in [2.45, 2.75) is 169 Å². The molecule has 2 fully saturated rings. The summed E-state index contributed by atoms with van der Waals surface area (Å²) in [5.41, 5.74) is 11.9. The van der Waals surface area contributed by atoms with Crippen molar-refractivity contribution in [2.75, 3.05) is 0 Å². The number of benzene rings is 4. The average Bonchev–Trinajstić information content (AvgIpc) is 4.17. The molecule has 4 heteroatoms. The predicted molar refractivity (Wildman–Crippen MR) is 242 cm³/mol. The van der Waals surface area contributed by atoms with Crippen LogP contribution < -0.4 is 0 Å². The van der Waals surface area contributed by atoms with Crippen molar-refractivity contribution < 1.29 is 20.4 Å². The molecule has 6 rings (SSSR count). The first-order valence-electron chi connectivity index (χ1n) is 22.3. The van der Waals surface area contributed by atoms with Gasteiger partial charge in [-0.25, -0.2) is 0 Å². The summed E-state index contributed by atoms with van der Waals surface area (Å²) >= 11 is 0. The number of rotatable bonds is 15. The van der Waals surface area contributed by atoms with E-state index in [0.29, 0.717) is 11.5 Å². The zero-order valence-corrected chi connectivity index (χ0v) is 37.4. The highest BCUT2D eigenvalue weighted by Gasteiger charge is 2.47. The van der Waals surface area contributed by atoms with Gasteiger partial charge in [0.25, 0.3) is 0 Å². The molecule has 2 saturated carbocycles. The highest BCUT2D eigenvalue weighted by molar-refractivity contribution is 5.50. The largest absolute Gasteiger partial charge is 0.508 e. The monoisotopic (exact) mass is 785 g/mol. The molecule has 4 nitrogen and oxygen atoms in total. The third-order valence-electron chi connectivity index (χ3n) is 15.1. The number of phenolic OH excluding ortho intramolecular Hbond substituents is 2. The minimum absolute atomic E-state index is 0.0388. The Morgan fingerprint density at radius 2 is 0.966 bits per heavy atom. The first-order valence-corrected chi connectivity index (χ1v) is 22.3. The molecular formula is C54H72O4. The summed E-state index contributed by atoms with van der Waals surface area (Å²) in [6, 6.07) is 25.5. The van der Waals surface area contributed by atoms with Crippen LogP contribution in [0.15, 0.2) is 72.8 Å². The van der Waals surface area contributed by atoms with Crippen molar-refractivity contribution in [2.24, 2.45) is 10.8 Å². The van der Waals surface area contributed by atoms with Crippen molar-refractivity contribution in [3.05, 3.63) is 128 Å². The minimum Gasteiger partial charge on any atom is -0.508 e. The Morgan fingerprint density at radius 1 is 0.552 bits per heavy atom. The third kappa shape index (κ3) is 9.07. The molecule has 312 valence electrons. The average molecular weight is 785 g/mol. The molecule has 0 amide bonds. The molecule has 4 aromatic carbocycles. The van der Waals surface area contributed by atoms with E-state index in [0.717, 1.165) is 86.5 Å². The smallest absolute Gasteiger partial charge is 0.120 e. The van der Waals surface area contributed by atoms with Crippen molar-refractivity contribution in [1.29, 1.82) is 0 Å². The fourth-order valence-electron chi connectivity index (χ4n) is 9.71. The van der Waals surface area contributed by atoms with Crippen molar-refractivity contribution in [1.82, 2.24) is 0 Å². The number of aromatic hydroxyl groups is 2. The molecule has 58 heavy (non-hydrogen) atoms. The van der Waals surface area contributed by atoms with Gasteiger partial charge in [0.2, 0.25) is 0 Å². The van der Waals surface area contributed by atoms with Gasteiger partial charge in [-0.2, -0.15) is 0 Å². The van der Waals surface area contributed by atoms with E-state index in [1.54, 1.807) is 6.07 Å². The van der Waals surface area contributed by atoms with Gasteiger partial charge in [-0.3, -0.25) is 0 Å². The Bertz CT molecular complexity index is 2080. The van der Waals surface area contributed by atoms with Crippen LogP contribution in [-0.4, -0.2) is 32.6 Å². The number of phenols is 2. The number of aliphatic hydroxyl groups excluding tert-OH is 2. The molecule has 0 spiro atoms. The van der Waals surface area contributed by atoms with Crippen LogP contribution in [0.2, 0.25) is 0 Å². The van der Waals surface area contributed by atoms with Crippen LogP contribution in [0.1, 0.15) is 168 Å². The molecule has 0 radical (unpaired) electrons. The topological polar surface area (TPSA) is 80.9 Å². The maximum Gasteiger partial charge on any atom is 0.120 e. The first kappa shape index (κ1) is 45.1. The summed E-state index contributed by atoms with van der Waals surface area (Å²) < 4.78 is 0. The predicted octanol–water partition coefficient (Wildman–Crippen LogP) is 12.6. The van der Waals surface area contributed by atoms with E-state index >= 15 is 0 Å². The summed E-state index contributed by atoms with van der Waals surface area (Å²) in [6.07, 6.45) is 11.7. The molecule has 4 aromatic rings. The molecule has 2 aliphatic carbocycles. The lowest BCUT2D eigenvalue weighted by Gasteiger charge is -2.34. The van der Waals surface area contributed by atoms with E-state index in [4.69, 9.17) is 0 Å². The Balaban J connectivity index is 0.000000221. The SMILES string of the molecule is CCC(CC)(c1ccc(O)c(C)c1)c1ccc(C#CC(O)C2(CC)CC2)c(C)c1.CCC(CC)(c1ccc(O)c(C)c1)c1ccc(CCC(O)C2(CC)CC2)c(C)c1. The molecule has 2 unspecified atom stereocenters. The highest BCUT2D eigenvalue weighted by Crippen LogP contribution is 2.53. The third-order valence-corrected chi connectivity index (χ3v) is 15.1. The second-order valence-electron chi connectivity index (χ2n) is 17.9. The lowest BCUT2D eigenvalue weighted by atomic mass is 9.69. The second kappa shape index (κ2) is 18.5. The quantitative estimate of drug-likeness (QED) is 0.0905. The number of hydrogen-bond donors (Lipinski definition) is 4. The molecule has 0 aromatic heterocycles. The first-order chi connectivity index (χ1) is 27.6. The second-order valence-corrected chi connectivity index (χ2v) is 17.9. The fraction of sp³-hybridized carbons (Fsp3) is 0.519. The fourth-order valence-corrected chi connectivity index (χ4v) is 9.71. The van der Waals surface area contributed by atoms with Crippen LogP contribution in [0.3, 0.4) is 0 Å². The van der Waals surface area contributed by atoms with Crippen LogP contribution in [0.5, 0.6) is 11.5 Å². The zero-order valence-electron chi connectivity index (χ0n) is 37.4. The van der Waals surface area contributed by atoms with Gasteiger partial charge < -0.3 is 20.4 Å². The van der Waals surface area contributed by atoms with Crippen LogP contribution in [0, 0.1) is 50.4 Å². The van der Waals surface area contributed by atoms with Gasteiger partial charge in [-0.05, 0) is 178 Å². The van der Waals surface area contributed by atoms with Crippen molar-refractivity contribution in [3.8, 4) is 23.3 Å². The Hall–Kier alpha value is -4.04. The Labute approximate surface area is 351 Å². The highest BCUT2D eigenvalue weighted by atomic mass is 16.3. The van der Waals surface area contributed by atoms with Gasteiger partial charge in [0.1, 0.15) is 17.6 Å². The summed E-state index contributed by atoms with van der Waals surface area (Å²) in [6.45, 7) is 21.5. The van der Waals surface area contributed by atoms with Crippen LogP contribution in [0.4, 0.5) is 0 Å². The number of aryl methyl sites for hydroxylation is 5. The van der Waals surface area contributed by atoms with Crippen LogP contribution in [0.25, 0.3) is 0 Å². The van der Waals surface area contributed by atoms with E-state index in [1.165, 1.54) is 46.2 Å². The van der Waals surface area contributed by atoms with Gasteiger partial charge in [-0.15, -0.1) is 0 Å². The molecule has 0 saturated heterocycles. The van der Waals surface area contributed by atoms with Crippen molar-refractivity contribution >= 4 is 0 Å². The Kier molecular flexibility index (Phi) is 14.4.